The molecule has 1 heterocycles. The highest BCUT2D eigenvalue weighted by atomic mass is 79.9. The van der Waals surface area contributed by atoms with Crippen LogP contribution >= 0.6 is 27.5 Å². The van der Waals surface area contributed by atoms with Crippen molar-refractivity contribution in [1.29, 1.82) is 0 Å². The fourth-order valence-corrected chi connectivity index (χ4v) is 2.48. The molecule has 0 fully saturated rings. The molecule has 7 heteroatoms. The van der Waals surface area contributed by atoms with Crippen LogP contribution in [0.15, 0.2) is 58.3 Å². The van der Waals surface area contributed by atoms with Gasteiger partial charge in [0.05, 0.1) is 0 Å². The average Bonchev–Trinajstić information content (AvgIpc) is 3.07. The molecule has 0 bridgehead atoms. The van der Waals surface area contributed by atoms with Gasteiger partial charge in [0, 0.05) is 26.8 Å². The molecule has 3 aromatic rings. The van der Waals surface area contributed by atoms with Gasteiger partial charge in [-0.1, -0.05) is 45.7 Å². The molecule has 0 aliphatic rings. The fourth-order valence-electron chi connectivity index (χ4n) is 1.91. The van der Waals surface area contributed by atoms with E-state index in [1.54, 1.807) is 6.21 Å². The minimum absolute atomic E-state index is 0.379. The van der Waals surface area contributed by atoms with Crippen molar-refractivity contribution in [2.45, 2.75) is 6.61 Å². The van der Waals surface area contributed by atoms with E-state index in [0.29, 0.717) is 23.3 Å². The number of nitrogens with one attached hydrogen (secondary N) is 1. The summed E-state index contributed by atoms with van der Waals surface area (Å²) in [5.74, 6) is 1.14. The zero-order valence-electron chi connectivity index (χ0n) is 11.9. The Morgan fingerprint density at radius 3 is 2.91 bits per heavy atom. The number of H-pyrrole nitrogens is 1. The molecule has 5 nitrogen and oxygen atoms in total. The lowest BCUT2D eigenvalue weighted by Gasteiger charge is -2.10. The zero-order chi connectivity index (χ0) is 16.1. The van der Waals surface area contributed by atoms with Crippen LogP contribution in [0.1, 0.15) is 11.1 Å². The summed E-state index contributed by atoms with van der Waals surface area (Å²) >= 11 is 9.60. The van der Waals surface area contributed by atoms with Crippen molar-refractivity contribution in [3.8, 4) is 5.75 Å². The molecule has 0 amide bonds. The molecule has 1 aromatic heterocycles. The van der Waals surface area contributed by atoms with Gasteiger partial charge < -0.3 is 4.74 Å². The second-order valence-electron chi connectivity index (χ2n) is 4.63. The first-order valence-electron chi connectivity index (χ1n) is 6.77. The first-order valence-corrected chi connectivity index (χ1v) is 7.94. The number of hydrogen-bond donors (Lipinski definition) is 1. The largest absolute Gasteiger partial charge is 0.488 e. The number of nitrogens with zero attached hydrogens (tertiary/aromatic N) is 3. The molecule has 0 saturated carbocycles. The van der Waals surface area contributed by atoms with Gasteiger partial charge >= 0.3 is 0 Å². The van der Waals surface area contributed by atoms with E-state index in [2.05, 4.69) is 36.1 Å². The Morgan fingerprint density at radius 1 is 1.26 bits per heavy atom. The van der Waals surface area contributed by atoms with E-state index in [9.17, 15) is 0 Å². The summed E-state index contributed by atoms with van der Waals surface area (Å²) in [4.78, 5) is 8.18. The molecular weight excluding hydrogens is 380 g/mol. The van der Waals surface area contributed by atoms with Crippen LogP contribution in [-0.4, -0.2) is 21.4 Å². The third-order valence-electron chi connectivity index (χ3n) is 3.04. The molecule has 0 aliphatic heterocycles. The van der Waals surface area contributed by atoms with Crippen molar-refractivity contribution in [1.82, 2.24) is 15.2 Å². The summed E-state index contributed by atoms with van der Waals surface area (Å²) < 4.78 is 6.82. The highest BCUT2D eigenvalue weighted by Gasteiger charge is 2.05. The van der Waals surface area contributed by atoms with Crippen molar-refractivity contribution < 1.29 is 4.74 Å². The number of benzene rings is 2. The van der Waals surface area contributed by atoms with Crippen LogP contribution in [0, 0.1) is 0 Å². The molecule has 2 aromatic carbocycles. The highest BCUT2D eigenvalue weighted by Crippen LogP contribution is 2.24. The average molecular weight is 392 g/mol. The number of aromatic amines is 1. The minimum Gasteiger partial charge on any atom is -0.488 e. The van der Waals surface area contributed by atoms with Crippen molar-refractivity contribution in [2.75, 3.05) is 0 Å². The smallest absolute Gasteiger partial charge is 0.245 e. The highest BCUT2D eigenvalue weighted by molar-refractivity contribution is 9.10. The topological polar surface area (TPSA) is 63.2 Å². The first kappa shape index (κ1) is 15.7. The third-order valence-corrected chi connectivity index (χ3v) is 3.90. The maximum Gasteiger partial charge on any atom is 0.245 e. The van der Waals surface area contributed by atoms with Gasteiger partial charge in [0.25, 0.3) is 0 Å². The molecule has 23 heavy (non-hydrogen) atoms. The number of rotatable bonds is 5. The molecule has 0 radical (unpaired) electrons. The van der Waals surface area contributed by atoms with Crippen LogP contribution in [0.2, 0.25) is 5.02 Å². The molecule has 0 saturated heterocycles. The van der Waals surface area contributed by atoms with Crippen LogP contribution in [0.3, 0.4) is 0 Å². The second-order valence-corrected chi connectivity index (χ2v) is 5.95. The standard InChI is InChI=1S/C16H12BrClN4O/c17-13-5-6-15(23-9-11-3-1-2-4-14(11)18)12(7-13)8-19-16-20-10-21-22-16/h1-8,10H,9H2,(H,20,21,22). The van der Waals surface area contributed by atoms with Gasteiger partial charge in [0.1, 0.15) is 18.7 Å². The summed E-state index contributed by atoms with van der Waals surface area (Å²) in [6.45, 7) is 0.379. The monoisotopic (exact) mass is 390 g/mol. The lowest BCUT2D eigenvalue weighted by atomic mass is 10.2. The van der Waals surface area contributed by atoms with E-state index in [4.69, 9.17) is 16.3 Å². The van der Waals surface area contributed by atoms with Crippen molar-refractivity contribution in [3.05, 3.63) is 69.4 Å². The Balaban J connectivity index is 1.80. The molecule has 1 N–H and O–H groups in total. The molecule has 0 unspecified atom stereocenters. The van der Waals surface area contributed by atoms with Gasteiger partial charge in [-0.15, -0.1) is 0 Å². The second kappa shape index (κ2) is 7.39. The fraction of sp³-hybridized carbons (Fsp3) is 0.0625. The van der Waals surface area contributed by atoms with Crippen LogP contribution < -0.4 is 4.74 Å². The van der Waals surface area contributed by atoms with E-state index >= 15 is 0 Å². The zero-order valence-corrected chi connectivity index (χ0v) is 14.3. The van der Waals surface area contributed by atoms with Crippen molar-refractivity contribution >= 4 is 39.7 Å². The van der Waals surface area contributed by atoms with Crippen LogP contribution in [-0.2, 0) is 6.61 Å². The quantitative estimate of drug-likeness (QED) is 0.649. The van der Waals surface area contributed by atoms with E-state index < -0.39 is 0 Å². The maximum atomic E-state index is 6.15. The Kier molecular flexibility index (Phi) is 5.05. The van der Waals surface area contributed by atoms with Crippen LogP contribution in [0.4, 0.5) is 5.95 Å². The van der Waals surface area contributed by atoms with E-state index in [0.717, 1.165) is 15.6 Å². The molecule has 3 rings (SSSR count). The minimum atomic E-state index is 0.379. The third kappa shape index (κ3) is 4.18. The molecule has 0 aliphatic carbocycles. The number of ether oxygens (including phenoxy) is 1. The van der Waals surface area contributed by atoms with E-state index in [1.807, 2.05) is 42.5 Å². The lowest BCUT2D eigenvalue weighted by Crippen LogP contribution is -1.99. The van der Waals surface area contributed by atoms with Crippen LogP contribution in [0.5, 0.6) is 5.75 Å². The van der Waals surface area contributed by atoms with Gasteiger partial charge in [-0.05, 0) is 24.3 Å². The van der Waals surface area contributed by atoms with E-state index in [-0.39, 0.29) is 0 Å². The van der Waals surface area contributed by atoms with Gasteiger partial charge in [-0.25, -0.2) is 10.1 Å². The van der Waals surface area contributed by atoms with Crippen LogP contribution in [0.25, 0.3) is 0 Å². The van der Waals surface area contributed by atoms with Crippen molar-refractivity contribution in [2.24, 2.45) is 4.99 Å². The van der Waals surface area contributed by atoms with Crippen molar-refractivity contribution in [3.63, 3.8) is 0 Å². The SMILES string of the molecule is Clc1ccccc1COc1ccc(Br)cc1C=Nc1ncn[nH]1. The maximum absolute atomic E-state index is 6.15. The Labute approximate surface area is 146 Å². The predicted molar refractivity (Wildman–Crippen MR) is 93.6 cm³/mol. The van der Waals surface area contributed by atoms with Gasteiger partial charge in [-0.3, -0.25) is 0 Å². The Hall–Kier alpha value is -2.18. The molecule has 0 atom stereocenters. The normalized spacial score (nSPS) is 11.0. The Morgan fingerprint density at radius 2 is 2.13 bits per heavy atom. The number of aliphatic imine (C=N–C) groups is 1. The molecule has 0 spiro atoms. The predicted octanol–water partition coefficient (Wildman–Crippen LogP) is 4.55. The summed E-state index contributed by atoms with van der Waals surface area (Å²) in [6, 6.07) is 13.3. The van der Waals surface area contributed by atoms with Gasteiger partial charge in [0.2, 0.25) is 5.95 Å². The summed E-state index contributed by atoms with van der Waals surface area (Å²) in [5, 5.41) is 7.11. The van der Waals surface area contributed by atoms with Gasteiger partial charge in [-0.2, -0.15) is 10.1 Å². The summed E-state index contributed by atoms with van der Waals surface area (Å²) in [5.41, 5.74) is 1.75. The molecular formula is C16H12BrClN4O. The summed E-state index contributed by atoms with van der Waals surface area (Å²) in [7, 11) is 0. The number of hydrogen-bond acceptors (Lipinski definition) is 4. The summed E-state index contributed by atoms with van der Waals surface area (Å²) in [6.07, 6.45) is 3.08. The van der Waals surface area contributed by atoms with E-state index in [1.165, 1.54) is 6.33 Å². The molecule has 116 valence electrons. The lowest BCUT2D eigenvalue weighted by molar-refractivity contribution is 0.306. The number of aromatic nitrogens is 3. The van der Waals surface area contributed by atoms with Gasteiger partial charge in [0.15, 0.2) is 0 Å². The Bertz CT molecular complexity index is 821. The number of halogens is 2. The first-order chi connectivity index (χ1) is 11.2.